The van der Waals surface area contributed by atoms with Crippen molar-refractivity contribution in [2.75, 3.05) is 7.05 Å². The molecule has 1 amide bonds. The molecular weight excluding hydrogens is 306 g/mol. The Morgan fingerprint density at radius 1 is 1.42 bits per heavy atom. The van der Waals surface area contributed by atoms with Crippen LogP contribution in [0.3, 0.4) is 0 Å². The molecule has 0 saturated heterocycles. The van der Waals surface area contributed by atoms with Crippen LogP contribution in [0.2, 0.25) is 0 Å². The fourth-order valence-electron chi connectivity index (χ4n) is 1.81. The Labute approximate surface area is 121 Å². The van der Waals surface area contributed by atoms with Crippen molar-refractivity contribution < 1.29 is 4.79 Å². The number of nitrogens with zero attached hydrogens (tertiary/aromatic N) is 3. The molecule has 0 aliphatic rings. The van der Waals surface area contributed by atoms with E-state index in [1.54, 1.807) is 22.7 Å². The Hall–Kier alpha value is -1.62. The predicted octanol–water partition coefficient (Wildman–Crippen LogP) is 2.76. The minimum Gasteiger partial charge on any atom is -0.336 e. The van der Waals surface area contributed by atoms with E-state index in [9.17, 15) is 4.79 Å². The fourth-order valence-corrected chi connectivity index (χ4v) is 2.22. The first kappa shape index (κ1) is 13.8. The molecule has 1 heterocycles. The van der Waals surface area contributed by atoms with Gasteiger partial charge in [0.25, 0.3) is 5.91 Å². The van der Waals surface area contributed by atoms with Gasteiger partial charge in [0, 0.05) is 30.8 Å². The van der Waals surface area contributed by atoms with Crippen molar-refractivity contribution in [3.05, 3.63) is 51.8 Å². The Morgan fingerprint density at radius 2 is 2.11 bits per heavy atom. The molecule has 19 heavy (non-hydrogen) atoms. The molecule has 0 atom stereocenters. The summed E-state index contributed by atoms with van der Waals surface area (Å²) in [5.74, 6) is -0.0700. The van der Waals surface area contributed by atoms with Gasteiger partial charge in [-0.2, -0.15) is 5.10 Å². The zero-order valence-corrected chi connectivity index (χ0v) is 12.8. The van der Waals surface area contributed by atoms with Crippen LogP contribution in [0.25, 0.3) is 0 Å². The van der Waals surface area contributed by atoms with Crippen molar-refractivity contribution >= 4 is 21.8 Å². The molecule has 0 saturated carbocycles. The Bertz CT molecular complexity index is 587. The molecule has 0 bridgehead atoms. The van der Waals surface area contributed by atoms with Crippen LogP contribution in [0.1, 0.15) is 21.7 Å². The standard InChI is InChI=1S/C14H16BrN3O/c1-10-8-13(16-18(10)3)14(19)17(2)9-11-6-4-5-7-12(11)15/h4-8H,9H2,1-3H3. The predicted molar refractivity (Wildman–Crippen MR) is 77.9 cm³/mol. The van der Waals surface area contributed by atoms with Crippen LogP contribution in [-0.2, 0) is 13.6 Å². The van der Waals surface area contributed by atoms with Gasteiger partial charge >= 0.3 is 0 Å². The van der Waals surface area contributed by atoms with Crippen LogP contribution in [0.5, 0.6) is 0 Å². The van der Waals surface area contributed by atoms with Crippen LogP contribution < -0.4 is 0 Å². The average molecular weight is 322 g/mol. The number of hydrogen-bond donors (Lipinski definition) is 0. The minimum absolute atomic E-state index is 0.0700. The Kier molecular flexibility index (Phi) is 4.04. The largest absolute Gasteiger partial charge is 0.336 e. The van der Waals surface area contributed by atoms with Gasteiger partial charge in [0.15, 0.2) is 5.69 Å². The maximum Gasteiger partial charge on any atom is 0.274 e. The second kappa shape index (κ2) is 5.57. The van der Waals surface area contributed by atoms with Crippen molar-refractivity contribution in [2.24, 2.45) is 7.05 Å². The number of aromatic nitrogens is 2. The van der Waals surface area contributed by atoms with Crippen LogP contribution in [0.4, 0.5) is 0 Å². The zero-order valence-electron chi connectivity index (χ0n) is 11.2. The SMILES string of the molecule is Cc1cc(C(=O)N(C)Cc2ccccc2Br)nn1C. The van der Waals surface area contributed by atoms with Gasteiger partial charge in [-0.05, 0) is 24.6 Å². The van der Waals surface area contributed by atoms with Gasteiger partial charge in [0.05, 0.1) is 0 Å². The highest BCUT2D eigenvalue weighted by Gasteiger charge is 2.16. The molecule has 1 aromatic carbocycles. The quantitative estimate of drug-likeness (QED) is 0.871. The van der Waals surface area contributed by atoms with E-state index in [1.165, 1.54) is 0 Å². The third-order valence-electron chi connectivity index (χ3n) is 3.04. The lowest BCUT2D eigenvalue weighted by Gasteiger charge is -2.16. The summed E-state index contributed by atoms with van der Waals surface area (Å²) >= 11 is 3.49. The molecule has 1 aromatic heterocycles. The Balaban J connectivity index is 2.14. The van der Waals surface area contributed by atoms with E-state index in [-0.39, 0.29) is 5.91 Å². The summed E-state index contributed by atoms with van der Waals surface area (Å²) in [4.78, 5) is 13.9. The zero-order chi connectivity index (χ0) is 14.0. The summed E-state index contributed by atoms with van der Waals surface area (Å²) in [6, 6.07) is 9.69. The molecule has 4 nitrogen and oxygen atoms in total. The lowest BCUT2D eigenvalue weighted by Crippen LogP contribution is -2.26. The van der Waals surface area contributed by atoms with Crippen LogP contribution >= 0.6 is 15.9 Å². The summed E-state index contributed by atoms with van der Waals surface area (Å²) in [7, 11) is 3.62. The number of halogens is 1. The Morgan fingerprint density at radius 3 is 2.68 bits per heavy atom. The number of benzene rings is 1. The molecule has 2 rings (SSSR count). The highest BCUT2D eigenvalue weighted by atomic mass is 79.9. The van der Waals surface area contributed by atoms with Gasteiger partial charge in [-0.25, -0.2) is 0 Å². The monoisotopic (exact) mass is 321 g/mol. The molecular formula is C14H16BrN3O. The van der Waals surface area contributed by atoms with E-state index in [4.69, 9.17) is 0 Å². The van der Waals surface area contributed by atoms with Gasteiger partial charge in [-0.15, -0.1) is 0 Å². The molecule has 0 unspecified atom stereocenters. The third kappa shape index (κ3) is 3.04. The fraction of sp³-hybridized carbons (Fsp3) is 0.286. The first-order valence-corrected chi connectivity index (χ1v) is 6.78. The number of aryl methyl sites for hydroxylation is 2. The van der Waals surface area contributed by atoms with E-state index in [2.05, 4.69) is 21.0 Å². The number of amides is 1. The van der Waals surface area contributed by atoms with Crippen LogP contribution in [0.15, 0.2) is 34.8 Å². The molecule has 0 aliphatic carbocycles. The minimum atomic E-state index is -0.0700. The summed E-state index contributed by atoms with van der Waals surface area (Å²) < 4.78 is 2.71. The van der Waals surface area contributed by atoms with Gasteiger partial charge in [0.1, 0.15) is 0 Å². The summed E-state index contributed by atoms with van der Waals surface area (Å²) in [6.45, 7) is 2.48. The van der Waals surface area contributed by atoms with Crippen molar-refractivity contribution in [1.29, 1.82) is 0 Å². The molecule has 2 aromatic rings. The molecule has 100 valence electrons. The van der Waals surface area contributed by atoms with Crippen molar-refractivity contribution in [3.8, 4) is 0 Å². The number of rotatable bonds is 3. The highest BCUT2D eigenvalue weighted by molar-refractivity contribution is 9.10. The number of carbonyl (C=O) groups excluding carboxylic acids is 1. The topological polar surface area (TPSA) is 38.1 Å². The van der Waals surface area contributed by atoms with Crippen LogP contribution in [0, 0.1) is 6.92 Å². The van der Waals surface area contributed by atoms with Gasteiger partial charge < -0.3 is 4.90 Å². The molecule has 0 N–H and O–H groups in total. The first-order valence-electron chi connectivity index (χ1n) is 5.98. The number of hydrogen-bond acceptors (Lipinski definition) is 2. The molecule has 0 radical (unpaired) electrons. The normalized spacial score (nSPS) is 10.5. The second-order valence-electron chi connectivity index (χ2n) is 4.55. The summed E-state index contributed by atoms with van der Waals surface area (Å²) in [6.07, 6.45) is 0. The maximum atomic E-state index is 12.3. The molecule has 0 spiro atoms. The van der Waals surface area contributed by atoms with E-state index in [1.807, 2.05) is 38.2 Å². The summed E-state index contributed by atoms with van der Waals surface area (Å²) in [5, 5.41) is 4.21. The molecule has 0 aliphatic heterocycles. The maximum absolute atomic E-state index is 12.3. The van der Waals surface area contributed by atoms with Gasteiger partial charge in [-0.1, -0.05) is 34.1 Å². The highest BCUT2D eigenvalue weighted by Crippen LogP contribution is 2.18. The smallest absolute Gasteiger partial charge is 0.274 e. The lowest BCUT2D eigenvalue weighted by atomic mass is 10.2. The van der Waals surface area contributed by atoms with Gasteiger partial charge in [-0.3, -0.25) is 9.48 Å². The van der Waals surface area contributed by atoms with Gasteiger partial charge in [0.2, 0.25) is 0 Å². The van der Waals surface area contributed by atoms with E-state index in [0.29, 0.717) is 12.2 Å². The summed E-state index contributed by atoms with van der Waals surface area (Å²) in [5.41, 5.74) is 2.53. The van der Waals surface area contributed by atoms with Crippen molar-refractivity contribution in [3.63, 3.8) is 0 Å². The number of carbonyl (C=O) groups is 1. The van der Waals surface area contributed by atoms with Crippen LogP contribution in [-0.4, -0.2) is 27.6 Å². The molecule has 0 fully saturated rings. The lowest BCUT2D eigenvalue weighted by molar-refractivity contribution is 0.0778. The van der Waals surface area contributed by atoms with E-state index < -0.39 is 0 Å². The van der Waals surface area contributed by atoms with E-state index >= 15 is 0 Å². The second-order valence-corrected chi connectivity index (χ2v) is 5.40. The van der Waals surface area contributed by atoms with Crippen molar-refractivity contribution in [1.82, 2.24) is 14.7 Å². The van der Waals surface area contributed by atoms with Crippen molar-refractivity contribution in [2.45, 2.75) is 13.5 Å². The van der Waals surface area contributed by atoms with E-state index in [0.717, 1.165) is 15.7 Å². The average Bonchev–Trinajstić information content (AvgIpc) is 2.71. The molecule has 5 heteroatoms. The first-order chi connectivity index (χ1) is 8.99. The third-order valence-corrected chi connectivity index (χ3v) is 3.82.